The molecule has 13 aromatic rings. The van der Waals surface area contributed by atoms with Crippen molar-refractivity contribution in [1.82, 2.24) is 125 Å². The molecule has 0 bridgehead atoms. The first-order valence-electron chi connectivity index (χ1n) is 47.5. The second kappa shape index (κ2) is 47.7. The van der Waals surface area contributed by atoms with E-state index in [2.05, 4.69) is 139 Å². The molecule has 0 aliphatic heterocycles. The normalized spacial score (nSPS) is 17.8. The van der Waals surface area contributed by atoms with Crippen molar-refractivity contribution >= 4 is 47.7 Å². The van der Waals surface area contributed by atoms with Gasteiger partial charge in [-0.2, -0.15) is 9.97 Å². The van der Waals surface area contributed by atoms with Crippen molar-refractivity contribution in [2.75, 3.05) is 27.9 Å². The third-order valence-corrected chi connectivity index (χ3v) is 24.7. The van der Waals surface area contributed by atoms with E-state index < -0.39 is 23.9 Å². The first-order chi connectivity index (χ1) is 67.9. The van der Waals surface area contributed by atoms with Crippen LogP contribution in [0, 0.1) is 58.3 Å². The predicted molar refractivity (Wildman–Crippen MR) is 518 cm³/mol. The summed E-state index contributed by atoms with van der Waals surface area (Å²) in [6.45, 7) is 21.6. The Bertz CT molecular complexity index is 6470. The van der Waals surface area contributed by atoms with Gasteiger partial charge in [0.2, 0.25) is 41.4 Å². The molecule has 8 N–H and O–H groups in total. The Kier molecular flexibility index (Phi) is 34.3. The van der Waals surface area contributed by atoms with Crippen molar-refractivity contribution in [1.29, 1.82) is 0 Å². The minimum Gasteiger partial charge on any atom is -0.489 e. The van der Waals surface area contributed by atoms with E-state index in [0.717, 1.165) is 102 Å². The molecular weight excluding hydrogens is 1810 g/mol. The number of benzene rings is 1. The number of anilines is 4. The summed E-state index contributed by atoms with van der Waals surface area (Å²) in [5, 5.41) is 84.2. The number of carboxylic acids is 4. The fourth-order valence-corrected chi connectivity index (χ4v) is 17.1. The molecule has 8 atom stereocenters. The van der Waals surface area contributed by atoms with Crippen LogP contribution in [0.2, 0.25) is 0 Å². The minimum absolute atomic E-state index is 0.0172. The lowest BCUT2D eigenvalue weighted by molar-refractivity contribution is -0.144. The second-order valence-corrected chi connectivity index (χ2v) is 35.8. The fraction of sp³-hybridized carbons (Fsp3) is 0.459. The van der Waals surface area contributed by atoms with Crippen molar-refractivity contribution in [2.24, 2.45) is 51.9 Å². The maximum atomic E-state index is 11.4. The Hall–Kier alpha value is -15.5. The number of rotatable bonds is 34. The number of carboxylic acid groups (broad SMARTS) is 4. The van der Waals surface area contributed by atoms with E-state index in [1.165, 1.54) is 0 Å². The average molecular weight is 1930 g/mol. The molecule has 4 saturated carbocycles. The van der Waals surface area contributed by atoms with Crippen LogP contribution in [0.1, 0.15) is 200 Å². The summed E-state index contributed by atoms with van der Waals surface area (Å²) in [5.41, 5.74) is 15.3. The van der Waals surface area contributed by atoms with Crippen molar-refractivity contribution in [3.63, 3.8) is 0 Å². The maximum absolute atomic E-state index is 11.4. The summed E-state index contributed by atoms with van der Waals surface area (Å²) in [7, 11) is 7.29. The number of aliphatic carboxylic acids is 4. The van der Waals surface area contributed by atoms with Crippen LogP contribution in [0.5, 0.6) is 34.9 Å². The Labute approximate surface area is 815 Å². The van der Waals surface area contributed by atoms with E-state index in [9.17, 15) is 39.6 Å². The number of carbonyl (C=O) groups is 4. The number of hydrogen-bond donors (Lipinski definition) is 8. The third-order valence-electron chi connectivity index (χ3n) is 24.7. The fourth-order valence-electron chi connectivity index (χ4n) is 17.1. The summed E-state index contributed by atoms with van der Waals surface area (Å²) >= 11 is 0. The van der Waals surface area contributed by atoms with Gasteiger partial charge in [-0.05, 0) is 218 Å². The number of hydrogen-bond acceptors (Lipinski definition) is 35. The highest BCUT2D eigenvalue weighted by Crippen LogP contribution is 2.38. The van der Waals surface area contributed by atoms with Gasteiger partial charge >= 0.3 is 23.9 Å². The van der Waals surface area contributed by atoms with Crippen LogP contribution < -0.4 is 49.7 Å². The largest absolute Gasteiger partial charge is 0.489 e. The van der Waals surface area contributed by atoms with Crippen LogP contribution in [0.15, 0.2) is 116 Å². The molecule has 4 fully saturated rings. The Morgan fingerprint density at radius 2 is 0.738 bits per heavy atom. The highest BCUT2D eigenvalue weighted by molar-refractivity contribution is 5.72. The monoisotopic (exact) mass is 1930 g/mol. The standard InChI is InChI=1S/C27H30N8O3.C24H31N7O4.C24H31N7O3.C23H29N7O4/c1-16-7-4-5-10-20(16)21-11-12-28-27(32-21)30-15-23-24(33-34-35(23)3)22-14-29-25(17(2)31-22)38-19-9-6-8-18(13-19)26(36)37;1-14(2)34-21-10-11-25-24(28-21)26-13-19-22(29-30-31(19)4)18-8-9-20(15(3)27-18)35-17-7-5-6-16(12-17)23(32)33;1-14(2)18-10-11-25-24(28-18)26-13-20-22(29-30-31(20)4)19-8-9-21(15(3)27-19)34-17-7-5-6-16(12-17)23(32)33;1-4-33-20-10-11-24-23(27-20)25-13-18-21(28-29-30(18)3)17-8-9-19(14(2)26-17)34-16-7-5-6-15(12-16)22(31)32/h4-5,7,10-12,14,18-19H,6,8-9,13,15H2,1-3H3,(H,36,37)(H,28,30,32);8-11,14,16-17H,5-7,12-13H2,1-4H3,(H,32,33)(H,25,26,28);8-11,14,16-17H,5-7,12-13H2,1-4H3,(H,32,33)(H,25,26,28);8-11,15-16H,4-7,12-13H2,1-3H3,(H,31,32)(H,24,25,27)/t18-,19-;2*16-,17-;15-,16-/m0000/s1. The summed E-state index contributed by atoms with van der Waals surface area (Å²) < 4.78 is 42.3. The van der Waals surface area contributed by atoms with Gasteiger partial charge in [0, 0.05) is 76.4 Å². The average Bonchev–Trinajstić information content (AvgIpc) is 1.73. The molecular formula is C98H121N29O14. The van der Waals surface area contributed by atoms with Gasteiger partial charge in [0.05, 0.1) is 150 Å². The highest BCUT2D eigenvalue weighted by atomic mass is 16.5. The van der Waals surface area contributed by atoms with Gasteiger partial charge in [-0.25, -0.2) is 73.6 Å². The van der Waals surface area contributed by atoms with Gasteiger partial charge in [0.25, 0.3) is 0 Å². The Balaban J connectivity index is 0.000000150. The number of aromatic nitrogens is 25. The molecule has 12 aromatic heterocycles. The van der Waals surface area contributed by atoms with Gasteiger partial charge < -0.3 is 70.1 Å². The van der Waals surface area contributed by atoms with Crippen LogP contribution in [-0.2, 0) is 73.5 Å². The molecule has 742 valence electrons. The lowest BCUT2D eigenvalue weighted by Gasteiger charge is -2.27. The van der Waals surface area contributed by atoms with Crippen LogP contribution in [0.3, 0.4) is 0 Å². The van der Waals surface area contributed by atoms with E-state index in [4.69, 9.17) is 43.4 Å². The van der Waals surface area contributed by atoms with E-state index in [0.29, 0.717) is 211 Å². The first-order valence-corrected chi connectivity index (χ1v) is 47.5. The number of nitrogens with one attached hydrogen (secondary N) is 4. The lowest BCUT2D eigenvalue weighted by Crippen LogP contribution is -2.30. The molecule has 4 aliphatic rings. The molecule has 0 amide bonds. The lowest BCUT2D eigenvalue weighted by atomic mass is 9.87. The minimum atomic E-state index is -0.771. The molecule has 0 saturated heterocycles. The molecule has 4 aliphatic carbocycles. The molecule has 141 heavy (non-hydrogen) atoms. The molecule has 0 radical (unpaired) electrons. The zero-order valence-electron chi connectivity index (χ0n) is 81.6. The predicted octanol–water partition coefficient (Wildman–Crippen LogP) is 14.1. The van der Waals surface area contributed by atoms with Crippen molar-refractivity contribution in [2.45, 2.75) is 235 Å². The molecule has 43 heteroatoms. The van der Waals surface area contributed by atoms with E-state index in [1.807, 2.05) is 143 Å². The van der Waals surface area contributed by atoms with Crippen molar-refractivity contribution in [3.8, 4) is 91.7 Å². The van der Waals surface area contributed by atoms with Crippen LogP contribution in [-0.4, -0.2) is 206 Å². The zero-order chi connectivity index (χ0) is 99.9. The molecule has 12 heterocycles. The molecule has 0 unspecified atom stereocenters. The number of pyridine rings is 3. The van der Waals surface area contributed by atoms with Gasteiger partial charge in [-0.15, -0.1) is 20.4 Å². The summed E-state index contributed by atoms with van der Waals surface area (Å²) in [4.78, 5) is 104. The summed E-state index contributed by atoms with van der Waals surface area (Å²) in [6, 6.07) is 26.5. The molecule has 17 rings (SSSR count). The van der Waals surface area contributed by atoms with Crippen LogP contribution >= 0.6 is 0 Å². The quantitative estimate of drug-likeness (QED) is 0.0186. The van der Waals surface area contributed by atoms with Crippen molar-refractivity contribution < 1.29 is 68.0 Å². The summed E-state index contributed by atoms with van der Waals surface area (Å²) in [5.74, 6) is 1.21. The highest BCUT2D eigenvalue weighted by Gasteiger charge is 2.34. The van der Waals surface area contributed by atoms with Gasteiger partial charge in [0.1, 0.15) is 57.5 Å². The smallest absolute Gasteiger partial charge is 0.306 e. The number of nitrogens with zero attached hydrogens (tertiary/aromatic N) is 25. The molecule has 1 aromatic carbocycles. The van der Waals surface area contributed by atoms with Crippen molar-refractivity contribution in [3.05, 3.63) is 173 Å². The maximum Gasteiger partial charge on any atom is 0.306 e. The Morgan fingerprint density at radius 3 is 1.11 bits per heavy atom. The SMILES string of the molecule is CCOc1ccnc(NCc2c(-c3ccc(O[C@H]4CCC[C@H](C(=O)O)C4)c(C)n3)nnn2C)n1.Cc1ccccc1-c1ccnc(NCc2c(-c3cnc(O[C@H]4CCC[C@H](C(=O)O)C4)c(C)n3)nnn2C)n1.Cc1nc(-c2nnn(C)c2CNc2nccc(C(C)C)n2)ccc1O[C@H]1CCC[C@H](C(=O)O)C1.Cc1nc(-c2nnn(C)c2CNc2nccc(OC(C)C)n2)ccc1O[C@H]1CCC[C@H](C(=O)O)C1. The van der Waals surface area contributed by atoms with Gasteiger partial charge in [-0.1, -0.05) is 59.0 Å². The molecule has 43 nitrogen and oxygen atoms in total. The Morgan fingerprint density at radius 1 is 0.383 bits per heavy atom. The second-order valence-electron chi connectivity index (χ2n) is 35.8. The molecule has 0 spiro atoms. The number of aryl methyl sites for hydroxylation is 9. The van der Waals surface area contributed by atoms with Gasteiger partial charge in [-0.3, -0.25) is 19.2 Å². The van der Waals surface area contributed by atoms with Crippen LogP contribution in [0.25, 0.3) is 56.8 Å². The topological polar surface area (TPSA) is 543 Å². The van der Waals surface area contributed by atoms with E-state index in [-0.39, 0.29) is 54.2 Å². The zero-order valence-corrected chi connectivity index (χ0v) is 81.6. The number of ether oxygens (including phenoxy) is 6. The van der Waals surface area contributed by atoms with Crippen LogP contribution in [0.4, 0.5) is 23.8 Å². The first kappa shape index (κ1) is 101. The third kappa shape index (κ3) is 27.1. The van der Waals surface area contributed by atoms with Gasteiger partial charge in [0.15, 0.2) is 0 Å². The van der Waals surface area contributed by atoms with E-state index >= 15 is 0 Å². The van der Waals surface area contributed by atoms with E-state index in [1.54, 1.807) is 61.8 Å². The summed E-state index contributed by atoms with van der Waals surface area (Å²) in [6.07, 6.45) is 19.4.